The van der Waals surface area contributed by atoms with Crippen LogP contribution in [-0.4, -0.2) is 31.1 Å². The number of carbonyl (C=O) groups excluding carboxylic acids is 2. The van der Waals surface area contributed by atoms with E-state index in [1.807, 2.05) is 6.92 Å². The standard InChI is InChI=1S/C14H24O4/c1-4-17-14(18-9-10(2)3)8-11-12(15)6-5-7-13(11)16/h10-11,14H,4-9H2,1-3H3. The fourth-order valence-electron chi connectivity index (χ4n) is 2.09. The Morgan fingerprint density at radius 3 is 2.28 bits per heavy atom. The summed E-state index contributed by atoms with van der Waals surface area (Å²) in [6.07, 6.45) is 1.66. The molecule has 0 amide bonds. The third kappa shape index (κ3) is 4.86. The smallest absolute Gasteiger partial charge is 0.158 e. The fourth-order valence-corrected chi connectivity index (χ4v) is 2.09. The number of carbonyl (C=O) groups is 2. The van der Waals surface area contributed by atoms with Gasteiger partial charge in [-0.05, 0) is 19.3 Å². The number of Topliss-reactive ketones (excluding diaryl/α,β-unsaturated/α-hetero) is 2. The third-order valence-electron chi connectivity index (χ3n) is 3.02. The average Bonchev–Trinajstić information content (AvgIpc) is 2.30. The normalized spacial score (nSPS) is 19.6. The first-order valence-electron chi connectivity index (χ1n) is 6.83. The van der Waals surface area contributed by atoms with Gasteiger partial charge in [-0.2, -0.15) is 0 Å². The summed E-state index contributed by atoms with van der Waals surface area (Å²) in [5, 5.41) is 0. The minimum atomic E-state index is -0.512. The lowest BCUT2D eigenvalue weighted by atomic mass is 9.84. The van der Waals surface area contributed by atoms with Crippen LogP contribution in [0.5, 0.6) is 0 Å². The number of hydrogen-bond donors (Lipinski definition) is 0. The first-order chi connectivity index (χ1) is 8.54. The van der Waals surface area contributed by atoms with E-state index in [0.717, 1.165) is 0 Å². The van der Waals surface area contributed by atoms with E-state index < -0.39 is 12.2 Å². The molecule has 1 saturated carbocycles. The highest BCUT2D eigenvalue weighted by atomic mass is 16.7. The van der Waals surface area contributed by atoms with Gasteiger partial charge in [0.05, 0.1) is 12.5 Å². The van der Waals surface area contributed by atoms with Gasteiger partial charge in [0.2, 0.25) is 0 Å². The first-order valence-corrected chi connectivity index (χ1v) is 6.83. The molecule has 0 aromatic rings. The molecular formula is C14H24O4. The molecule has 1 fully saturated rings. The SMILES string of the molecule is CCOC(CC1C(=O)CCCC1=O)OCC(C)C. The van der Waals surface area contributed by atoms with Crippen LogP contribution in [0.25, 0.3) is 0 Å². The maximum absolute atomic E-state index is 11.8. The molecule has 0 bridgehead atoms. The molecular weight excluding hydrogens is 232 g/mol. The summed E-state index contributed by atoms with van der Waals surface area (Å²) < 4.78 is 11.1. The molecule has 0 N–H and O–H groups in total. The molecule has 0 aromatic carbocycles. The van der Waals surface area contributed by atoms with Crippen molar-refractivity contribution in [2.45, 2.75) is 52.7 Å². The molecule has 0 heterocycles. The van der Waals surface area contributed by atoms with Crippen molar-refractivity contribution in [2.75, 3.05) is 13.2 Å². The van der Waals surface area contributed by atoms with Crippen LogP contribution < -0.4 is 0 Å². The summed E-state index contributed by atoms with van der Waals surface area (Å²) in [7, 11) is 0. The second kappa shape index (κ2) is 7.64. The van der Waals surface area contributed by atoms with Gasteiger partial charge in [0, 0.05) is 25.9 Å². The van der Waals surface area contributed by atoms with Gasteiger partial charge in [0.25, 0.3) is 0 Å². The molecule has 0 aromatic heterocycles. The zero-order valence-corrected chi connectivity index (χ0v) is 11.6. The second-order valence-corrected chi connectivity index (χ2v) is 5.19. The number of ketones is 2. The Kier molecular flexibility index (Phi) is 6.50. The van der Waals surface area contributed by atoms with Gasteiger partial charge < -0.3 is 9.47 Å². The van der Waals surface area contributed by atoms with Crippen LogP contribution in [0, 0.1) is 11.8 Å². The maximum Gasteiger partial charge on any atom is 0.158 e. The predicted molar refractivity (Wildman–Crippen MR) is 68.2 cm³/mol. The van der Waals surface area contributed by atoms with Crippen molar-refractivity contribution < 1.29 is 19.1 Å². The van der Waals surface area contributed by atoms with Crippen LogP contribution >= 0.6 is 0 Å². The topological polar surface area (TPSA) is 52.6 Å². The van der Waals surface area contributed by atoms with Crippen molar-refractivity contribution in [3.05, 3.63) is 0 Å². The van der Waals surface area contributed by atoms with Crippen LogP contribution in [0.15, 0.2) is 0 Å². The minimum Gasteiger partial charge on any atom is -0.353 e. The molecule has 1 unspecified atom stereocenters. The minimum absolute atomic E-state index is 0.0455. The largest absolute Gasteiger partial charge is 0.353 e. The zero-order valence-electron chi connectivity index (χ0n) is 11.6. The lowest BCUT2D eigenvalue weighted by Gasteiger charge is -2.25. The summed E-state index contributed by atoms with van der Waals surface area (Å²) >= 11 is 0. The van der Waals surface area contributed by atoms with Crippen molar-refractivity contribution in [1.82, 2.24) is 0 Å². The lowest BCUT2D eigenvalue weighted by molar-refractivity contribution is -0.164. The molecule has 1 atom stereocenters. The molecule has 18 heavy (non-hydrogen) atoms. The van der Waals surface area contributed by atoms with Gasteiger partial charge in [0.15, 0.2) is 6.29 Å². The van der Waals surface area contributed by atoms with E-state index in [9.17, 15) is 9.59 Å². The third-order valence-corrected chi connectivity index (χ3v) is 3.02. The molecule has 1 rings (SSSR count). The van der Waals surface area contributed by atoms with Gasteiger partial charge >= 0.3 is 0 Å². The summed E-state index contributed by atoms with van der Waals surface area (Å²) in [5.74, 6) is -0.0126. The Morgan fingerprint density at radius 1 is 1.17 bits per heavy atom. The summed E-state index contributed by atoms with van der Waals surface area (Å²) in [4.78, 5) is 23.5. The molecule has 0 saturated heterocycles. The zero-order chi connectivity index (χ0) is 13.5. The monoisotopic (exact) mass is 256 g/mol. The number of ether oxygens (including phenoxy) is 2. The molecule has 4 heteroatoms. The van der Waals surface area contributed by atoms with Crippen LogP contribution in [0.3, 0.4) is 0 Å². The summed E-state index contributed by atoms with van der Waals surface area (Å²) in [6, 6.07) is 0. The molecule has 1 aliphatic carbocycles. The molecule has 0 aliphatic heterocycles. The quantitative estimate of drug-likeness (QED) is 0.518. The first kappa shape index (κ1) is 15.3. The molecule has 0 radical (unpaired) electrons. The van der Waals surface area contributed by atoms with E-state index in [-0.39, 0.29) is 11.6 Å². The van der Waals surface area contributed by atoms with Gasteiger partial charge in [-0.25, -0.2) is 0 Å². The van der Waals surface area contributed by atoms with Crippen molar-refractivity contribution >= 4 is 11.6 Å². The van der Waals surface area contributed by atoms with Gasteiger partial charge in [0.1, 0.15) is 11.6 Å². The van der Waals surface area contributed by atoms with E-state index >= 15 is 0 Å². The molecule has 0 spiro atoms. The Morgan fingerprint density at radius 2 is 1.78 bits per heavy atom. The van der Waals surface area contributed by atoms with E-state index in [1.54, 1.807) is 0 Å². The number of hydrogen-bond acceptors (Lipinski definition) is 4. The Balaban J connectivity index is 2.52. The highest BCUT2D eigenvalue weighted by Crippen LogP contribution is 2.23. The van der Waals surface area contributed by atoms with Crippen molar-refractivity contribution in [3.8, 4) is 0 Å². The second-order valence-electron chi connectivity index (χ2n) is 5.19. The highest BCUT2D eigenvalue weighted by molar-refractivity contribution is 6.04. The Bertz CT molecular complexity index is 270. The van der Waals surface area contributed by atoms with Crippen LogP contribution in [0.2, 0.25) is 0 Å². The Hall–Kier alpha value is -0.740. The van der Waals surface area contributed by atoms with E-state index in [1.165, 1.54) is 0 Å². The van der Waals surface area contributed by atoms with Crippen molar-refractivity contribution in [2.24, 2.45) is 11.8 Å². The van der Waals surface area contributed by atoms with E-state index in [0.29, 0.717) is 44.8 Å². The van der Waals surface area contributed by atoms with Crippen molar-refractivity contribution in [1.29, 1.82) is 0 Å². The molecule has 104 valence electrons. The summed E-state index contributed by atoms with van der Waals surface area (Å²) in [6.45, 7) is 7.10. The van der Waals surface area contributed by atoms with Crippen LogP contribution in [0.1, 0.15) is 46.5 Å². The maximum atomic E-state index is 11.8. The van der Waals surface area contributed by atoms with Crippen molar-refractivity contribution in [3.63, 3.8) is 0 Å². The average molecular weight is 256 g/mol. The lowest BCUT2D eigenvalue weighted by Crippen LogP contribution is -2.34. The van der Waals surface area contributed by atoms with Gasteiger partial charge in [-0.15, -0.1) is 0 Å². The predicted octanol–water partition coefficient (Wildman–Crippen LogP) is 2.35. The summed E-state index contributed by atoms with van der Waals surface area (Å²) in [5.41, 5.74) is 0. The van der Waals surface area contributed by atoms with Gasteiger partial charge in [-0.3, -0.25) is 9.59 Å². The number of rotatable bonds is 7. The molecule has 4 nitrogen and oxygen atoms in total. The fraction of sp³-hybridized carbons (Fsp3) is 0.857. The van der Waals surface area contributed by atoms with Gasteiger partial charge in [-0.1, -0.05) is 13.8 Å². The Labute approximate surface area is 109 Å². The van der Waals surface area contributed by atoms with E-state index in [4.69, 9.17) is 9.47 Å². The highest BCUT2D eigenvalue weighted by Gasteiger charge is 2.32. The molecule has 1 aliphatic rings. The van der Waals surface area contributed by atoms with Crippen LogP contribution in [0.4, 0.5) is 0 Å². The van der Waals surface area contributed by atoms with Crippen LogP contribution in [-0.2, 0) is 19.1 Å². The van der Waals surface area contributed by atoms with E-state index in [2.05, 4.69) is 13.8 Å².